The zero-order valence-corrected chi connectivity index (χ0v) is 10.3. The van der Waals surface area contributed by atoms with Crippen LogP contribution in [-0.4, -0.2) is 10.2 Å². The summed E-state index contributed by atoms with van der Waals surface area (Å²) in [5.74, 6) is 0.195. The van der Waals surface area contributed by atoms with E-state index in [4.69, 9.17) is 10.2 Å². The summed E-state index contributed by atoms with van der Waals surface area (Å²) in [7, 11) is 0. The first-order valence-electron chi connectivity index (χ1n) is 5.09. The molecular formula is C11H12FN3OS. The summed E-state index contributed by atoms with van der Waals surface area (Å²) < 4.78 is 18.4. The van der Waals surface area contributed by atoms with Crippen LogP contribution in [0.1, 0.15) is 24.4 Å². The molecule has 0 aliphatic carbocycles. The summed E-state index contributed by atoms with van der Waals surface area (Å²) in [6, 6.07) is 4.23. The lowest BCUT2D eigenvalue weighted by molar-refractivity contribution is 0.429. The molecule has 0 aliphatic rings. The summed E-state index contributed by atoms with van der Waals surface area (Å²) in [5.41, 5.74) is 6.52. The van der Waals surface area contributed by atoms with Gasteiger partial charge >= 0.3 is 0 Å². The second kappa shape index (κ2) is 4.85. The number of hydrogen-bond acceptors (Lipinski definition) is 5. The molecule has 2 N–H and O–H groups in total. The van der Waals surface area contributed by atoms with E-state index in [0.29, 0.717) is 11.1 Å². The van der Waals surface area contributed by atoms with Crippen molar-refractivity contribution in [2.75, 3.05) is 0 Å². The van der Waals surface area contributed by atoms with Crippen LogP contribution >= 0.6 is 11.8 Å². The number of nitrogens with zero attached hydrogens (tertiary/aromatic N) is 2. The Morgan fingerprint density at radius 1 is 1.41 bits per heavy atom. The molecule has 17 heavy (non-hydrogen) atoms. The fourth-order valence-electron chi connectivity index (χ4n) is 1.38. The molecule has 2 aromatic rings. The number of benzene rings is 1. The molecule has 6 heteroatoms. The van der Waals surface area contributed by atoms with Crippen molar-refractivity contribution in [3.05, 3.63) is 35.5 Å². The normalized spacial score (nSPS) is 12.7. The van der Waals surface area contributed by atoms with Gasteiger partial charge in [-0.25, -0.2) is 4.39 Å². The van der Waals surface area contributed by atoms with Gasteiger partial charge in [-0.3, -0.25) is 0 Å². The van der Waals surface area contributed by atoms with Gasteiger partial charge in [0.05, 0.1) is 0 Å². The highest BCUT2D eigenvalue weighted by Gasteiger charge is 2.12. The van der Waals surface area contributed by atoms with Crippen LogP contribution in [0.15, 0.2) is 32.7 Å². The van der Waals surface area contributed by atoms with E-state index < -0.39 is 0 Å². The van der Waals surface area contributed by atoms with Gasteiger partial charge in [0, 0.05) is 17.9 Å². The third-order valence-electron chi connectivity index (χ3n) is 2.17. The molecule has 0 spiro atoms. The molecule has 2 rings (SSSR count). The van der Waals surface area contributed by atoms with Crippen molar-refractivity contribution in [3.8, 4) is 0 Å². The summed E-state index contributed by atoms with van der Waals surface area (Å²) in [6.45, 7) is 3.52. The van der Waals surface area contributed by atoms with Gasteiger partial charge in [-0.1, -0.05) is 0 Å². The van der Waals surface area contributed by atoms with Crippen molar-refractivity contribution in [2.45, 2.75) is 30.0 Å². The van der Waals surface area contributed by atoms with Gasteiger partial charge in [0.2, 0.25) is 5.89 Å². The Hall–Kier alpha value is -1.40. The summed E-state index contributed by atoms with van der Waals surface area (Å²) in [4.78, 5) is 0.824. The zero-order valence-electron chi connectivity index (χ0n) is 9.48. The van der Waals surface area contributed by atoms with Crippen LogP contribution in [0.3, 0.4) is 0 Å². The lowest BCUT2D eigenvalue weighted by Gasteiger charge is -2.10. The molecule has 0 saturated heterocycles. The van der Waals surface area contributed by atoms with Crippen LogP contribution in [0.4, 0.5) is 4.39 Å². The van der Waals surface area contributed by atoms with E-state index >= 15 is 0 Å². The lowest BCUT2D eigenvalue weighted by atomic mass is 10.1. The van der Waals surface area contributed by atoms with Crippen molar-refractivity contribution in [1.29, 1.82) is 0 Å². The van der Waals surface area contributed by atoms with Gasteiger partial charge in [0.1, 0.15) is 5.82 Å². The molecule has 1 heterocycles. The smallest absolute Gasteiger partial charge is 0.281 e. The zero-order chi connectivity index (χ0) is 12.4. The first-order valence-corrected chi connectivity index (χ1v) is 5.91. The molecule has 0 saturated carbocycles. The Kier molecular flexibility index (Phi) is 3.44. The minimum atomic E-state index is -0.302. The number of aromatic nitrogens is 2. The number of nitrogens with two attached hydrogens (primary N) is 1. The van der Waals surface area contributed by atoms with Crippen molar-refractivity contribution in [1.82, 2.24) is 10.2 Å². The first-order chi connectivity index (χ1) is 8.06. The van der Waals surface area contributed by atoms with Gasteiger partial charge in [-0.15, -0.1) is 10.2 Å². The fraction of sp³-hybridized carbons (Fsp3) is 0.273. The van der Waals surface area contributed by atoms with Gasteiger partial charge in [-0.2, -0.15) is 0 Å². The van der Waals surface area contributed by atoms with E-state index in [1.165, 1.54) is 23.9 Å². The summed E-state index contributed by atoms with van der Waals surface area (Å²) >= 11 is 1.29. The lowest BCUT2D eigenvalue weighted by Crippen LogP contribution is -2.06. The van der Waals surface area contributed by atoms with Crippen molar-refractivity contribution < 1.29 is 8.81 Å². The number of aryl methyl sites for hydroxylation is 1. The third-order valence-corrected chi connectivity index (χ3v) is 3.10. The minimum absolute atomic E-state index is 0.253. The Morgan fingerprint density at radius 3 is 2.76 bits per heavy atom. The van der Waals surface area contributed by atoms with Crippen LogP contribution in [-0.2, 0) is 0 Å². The number of rotatable bonds is 3. The second-order valence-corrected chi connectivity index (χ2v) is 4.65. The molecule has 0 aliphatic heterocycles. The third kappa shape index (κ3) is 2.83. The highest BCUT2D eigenvalue weighted by Crippen LogP contribution is 2.32. The molecule has 1 atom stereocenters. The highest BCUT2D eigenvalue weighted by molar-refractivity contribution is 7.99. The molecule has 4 nitrogen and oxygen atoms in total. The molecule has 90 valence electrons. The number of halogens is 1. The first kappa shape index (κ1) is 12.1. The summed E-state index contributed by atoms with van der Waals surface area (Å²) in [6.07, 6.45) is 0. The van der Waals surface area contributed by atoms with Gasteiger partial charge in [0.15, 0.2) is 0 Å². The van der Waals surface area contributed by atoms with Crippen LogP contribution in [0.5, 0.6) is 0 Å². The van der Waals surface area contributed by atoms with Gasteiger partial charge < -0.3 is 10.2 Å². The maximum atomic E-state index is 13.1. The minimum Gasteiger partial charge on any atom is -0.416 e. The Bertz CT molecular complexity index is 527. The van der Waals surface area contributed by atoms with Crippen LogP contribution in [0, 0.1) is 12.7 Å². The molecule has 1 aromatic carbocycles. The molecule has 0 amide bonds. The van der Waals surface area contributed by atoms with E-state index in [9.17, 15) is 4.39 Å². The van der Waals surface area contributed by atoms with Gasteiger partial charge in [-0.05, 0) is 42.4 Å². The predicted octanol–water partition coefficient (Wildman–Crippen LogP) is 2.69. The van der Waals surface area contributed by atoms with Gasteiger partial charge in [0.25, 0.3) is 5.22 Å². The van der Waals surface area contributed by atoms with Crippen molar-refractivity contribution in [3.63, 3.8) is 0 Å². The van der Waals surface area contributed by atoms with E-state index in [0.717, 1.165) is 10.5 Å². The molecule has 0 unspecified atom stereocenters. The maximum Gasteiger partial charge on any atom is 0.281 e. The van der Waals surface area contributed by atoms with Crippen LogP contribution in [0.25, 0.3) is 0 Å². The second-order valence-electron chi connectivity index (χ2n) is 3.66. The van der Waals surface area contributed by atoms with Crippen molar-refractivity contribution >= 4 is 11.8 Å². The maximum absolute atomic E-state index is 13.1. The molecule has 0 fully saturated rings. The fourth-order valence-corrected chi connectivity index (χ4v) is 2.31. The average Bonchev–Trinajstić information content (AvgIpc) is 2.66. The molecular weight excluding hydrogens is 241 g/mol. The Balaban J connectivity index is 2.32. The topological polar surface area (TPSA) is 64.9 Å². The predicted molar refractivity (Wildman–Crippen MR) is 62.2 cm³/mol. The van der Waals surface area contributed by atoms with Crippen LogP contribution < -0.4 is 5.73 Å². The van der Waals surface area contributed by atoms with E-state index in [1.54, 1.807) is 19.9 Å². The molecule has 1 aromatic heterocycles. The molecule has 0 bridgehead atoms. The largest absolute Gasteiger partial charge is 0.416 e. The quantitative estimate of drug-likeness (QED) is 0.911. The monoisotopic (exact) mass is 253 g/mol. The number of hydrogen-bond donors (Lipinski definition) is 1. The van der Waals surface area contributed by atoms with E-state index in [-0.39, 0.29) is 11.9 Å². The van der Waals surface area contributed by atoms with E-state index in [1.807, 2.05) is 0 Å². The Labute approximate surface area is 102 Å². The average molecular weight is 253 g/mol. The standard InChI is InChI=1S/C11H12FN3OS/c1-6(13)9-5-8(12)3-4-10(9)17-11-15-14-7(2)16-11/h3-6H,13H2,1-2H3/t6-/m0/s1. The highest BCUT2D eigenvalue weighted by atomic mass is 32.2. The Morgan fingerprint density at radius 2 is 2.18 bits per heavy atom. The molecule has 0 radical (unpaired) electrons. The van der Waals surface area contributed by atoms with Crippen molar-refractivity contribution in [2.24, 2.45) is 5.73 Å². The van der Waals surface area contributed by atoms with Crippen LogP contribution in [0.2, 0.25) is 0 Å². The van der Waals surface area contributed by atoms with E-state index in [2.05, 4.69) is 10.2 Å². The summed E-state index contributed by atoms with van der Waals surface area (Å²) in [5, 5.41) is 8.03. The SMILES string of the molecule is Cc1nnc(Sc2ccc(F)cc2[C@H](C)N)o1.